The van der Waals surface area contributed by atoms with Gasteiger partial charge in [0, 0.05) is 0 Å². The Kier molecular flexibility index (Phi) is 9.81. The van der Waals surface area contributed by atoms with Crippen molar-refractivity contribution in [1.29, 1.82) is 0 Å². The molecule has 1 saturated carbocycles. The van der Waals surface area contributed by atoms with Gasteiger partial charge in [-0.15, -0.1) is 0 Å². The van der Waals surface area contributed by atoms with Crippen molar-refractivity contribution < 1.29 is 28.6 Å². The van der Waals surface area contributed by atoms with Crippen LogP contribution in [0.25, 0.3) is 0 Å². The second-order valence-corrected chi connectivity index (χ2v) is 8.79. The molecule has 0 heterocycles. The lowest BCUT2D eigenvalue weighted by Crippen LogP contribution is -2.40. The second kappa shape index (κ2) is 11.3. The smallest absolute Gasteiger partial charge is 0.309 e. The summed E-state index contributed by atoms with van der Waals surface area (Å²) in [6.07, 6.45) is 1.22. The zero-order valence-electron chi connectivity index (χ0n) is 17.7. The minimum atomic E-state index is -0.659. The Bertz CT molecular complexity index is 497. The minimum Gasteiger partial charge on any atom is -0.465 e. The fraction of sp³-hybridized carbons (Fsp3) is 0.857. The monoisotopic (exact) mass is 384 g/mol. The third-order valence-corrected chi connectivity index (χ3v) is 4.47. The molecule has 6 nitrogen and oxygen atoms in total. The number of ether oxygens (including phenoxy) is 3. The van der Waals surface area contributed by atoms with Gasteiger partial charge in [0.05, 0.1) is 37.6 Å². The van der Waals surface area contributed by atoms with Crippen molar-refractivity contribution in [3.05, 3.63) is 0 Å². The molecule has 0 amide bonds. The van der Waals surface area contributed by atoms with Gasteiger partial charge in [0.1, 0.15) is 0 Å². The van der Waals surface area contributed by atoms with Crippen LogP contribution in [-0.2, 0) is 28.6 Å². The molecule has 0 aromatic carbocycles. The van der Waals surface area contributed by atoms with Crippen LogP contribution in [0.15, 0.2) is 0 Å². The molecule has 27 heavy (non-hydrogen) atoms. The number of hydrogen-bond acceptors (Lipinski definition) is 6. The Morgan fingerprint density at radius 3 is 1.52 bits per heavy atom. The van der Waals surface area contributed by atoms with Gasteiger partial charge in [0.25, 0.3) is 0 Å². The zero-order chi connectivity index (χ0) is 20.6. The molecule has 3 unspecified atom stereocenters. The van der Waals surface area contributed by atoms with Crippen molar-refractivity contribution in [3.63, 3.8) is 0 Å². The SMILES string of the molecule is CC(C)COC(=O)C1CCC(C(=O)OCC(C)C)C(C(=O)OCC(C)C)C1. The first kappa shape index (κ1) is 23.4. The summed E-state index contributed by atoms with van der Waals surface area (Å²) in [7, 11) is 0. The Labute approximate surface area is 163 Å². The molecule has 1 aliphatic carbocycles. The number of esters is 3. The molecular formula is C21H36O6. The van der Waals surface area contributed by atoms with Gasteiger partial charge in [-0.3, -0.25) is 14.4 Å². The molecule has 0 aromatic rings. The predicted octanol–water partition coefficient (Wildman–Crippen LogP) is 3.62. The average molecular weight is 385 g/mol. The molecule has 0 aromatic heterocycles. The molecule has 1 aliphatic rings. The number of rotatable bonds is 9. The fourth-order valence-electron chi connectivity index (χ4n) is 3.01. The maximum atomic E-state index is 12.6. The van der Waals surface area contributed by atoms with E-state index in [1.54, 1.807) is 0 Å². The van der Waals surface area contributed by atoms with Crippen molar-refractivity contribution in [3.8, 4) is 0 Å². The summed E-state index contributed by atoms with van der Waals surface area (Å²) in [4.78, 5) is 37.4. The molecule has 1 fully saturated rings. The summed E-state index contributed by atoms with van der Waals surface area (Å²) in [6, 6.07) is 0. The molecule has 1 rings (SSSR count). The summed E-state index contributed by atoms with van der Waals surface area (Å²) >= 11 is 0. The van der Waals surface area contributed by atoms with Crippen LogP contribution in [0, 0.1) is 35.5 Å². The van der Waals surface area contributed by atoms with Crippen molar-refractivity contribution in [2.45, 2.75) is 60.8 Å². The standard InChI is InChI=1S/C21H36O6/c1-13(2)10-25-19(22)16-7-8-17(20(23)26-11-14(3)4)18(9-16)21(24)27-12-15(5)6/h13-18H,7-12H2,1-6H3. The summed E-state index contributed by atoms with van der Waals surface area (Å²) in [5, 5.41) is 0. The third-order valence-electron chi connectivity index (χ3n) is 4.47. The third kappa shape index (κ3) is 8.31. The van der Waals surface area contributed by atoms with Gasteiger partial charge in [0.2, 0.25) is 0 Å². The maximum absolute atomic E-state index is 12.6. The van der Waals surface area contributed by atoms with Crippen LogP contribution in [0.3, 0.4) is 0 Å². The zero-order valence-corrected chi connectivity index (χ0v) is 17.7. The van der Waals surface area contributed by atoms with E-state index in [0.717, 1.165) is 0 Å². The number of hydrogen-bond donors (Lipinski definition) is 0. The normalized spacial score (nSPS) is 22.8. The van der Waals surface area contributed by atoms with Crippen LogP contribution in [0.4, 0.5) is 0 Å². The first-order valence-electron chi connectivity index (χ1n) is 10.1. The van der Waals surface area contributed by atoms with Crippen LogP contribution in [-0.4, -0.2) is 37.7 Å². The van der Waals surface area contributed by atoms with Crippen molar-refractivity contribution in [1.82, 2.24) is 0 Å². The van der Waals surface area contributed by atoms with Gasteiger partial charge in [-0.1, -0.05) is 41.5 Å². The highest BCUT2D eigenvalue weighted by atomic mass is 16.5. The van der Waals surface area contributed by atoms with Crippen molar-refractivity contribution in [2.75, 3.05) is 19.8 Å². The fourth-order valence-corrected chi connectivity index (χ4v) is 3.01. The Balaban J connectivity index is 2.80. The van der Waals surface area contributed by atoms with E-state index in [1.807, 2.05) is 41.5 Å². The Morgan fingerprint density at radius 2 is 1.07 bits per heavy atom. The van der Waals surface area contributed by atoms with E-state index in [9.17, 15) is 14.4 Å². The predicted molar refractivity (Wildman–Crippen MR) is 102 cm³/mol. The van der Waals surface area contributed by atoms with Crippen LogP contribution < -0.4 is 0 Å². The molecule has 0 saturated heterocycles. The van der Waals surface area contributed by atoms with E-state index in [1.165, 1.54) is 0 Å². The van der Waals surface area contributed by atoms with Gasteiger partial charge in [0.15, 0.2) is 0 Å². The highest BCUT2D eigenvalue weighted by Crippen LogP contribution is 2.36. The van der Waals surface area contributed by atoms with E-state index in [2.05, 4.69) is 0 Å². The molecule has 3 atom stereocenters. The highest BCUT2D eigenvalue weighted by molar-refractivity contribution is 5.83. The quantitative estimate of drug-likeness (QED) is 0.446. The molecule has 6 heteroatoms. The van der Waals surface area contributed by atoms with Crippen molar-refractivity contribution >= 4 is 17.9 Å². The summed E-state index contributed by atoms with van der Waals surface area (Å²) in [6.45, 7) is 12.8. The Hall–Kier alpha value is -1.59. The van der Waals surface area contributed by atoms with Crippen LogP contribution >= 0.6 is 0 Å². The van der Waals surface area contributed by atoms with Crippen LogP contribution in [0.1, 0.15) is 60.8 Å². The largest absolute Gasteiger partial charge is 0.465 e. The van der Waals surface area contributed by atoms with Crippen molar-refractivity contribution in [2.24, 2.45) is 35.5 Å². The topological polar surface area (TPSA) is 78.9 Å². The molecule has 0 spiro atoms. The van der Waals surface area contributed by atoms with E-state index < -0.39 is 17.8 Å². The van der Waals surface area contributed by atoms with Crippen LogP contribution in [0.2, 0.25) is 0 Å². The van der Waals surface area contributed by atoms with Gasteiger partial charge < -0.3 is 14.2 Å². The van der Waals surface area contributed by atoms with Crippen LogP contribution in [0.5, 0.6) is 0 Å². The van der Waals surface area contributed by atoms with Gasteiger partial charge in [-0.25, -0.2) is 0 Å². The summed E-state index contributed by atoms with van der Waals surface area (Å²) < 4.78 is 16.1. The molecule has 0 radical (unpaired) electrons. The first-order chi connectivity index (χ1) is 12.6. The maximum Gasteiger partial charge on any atom is 0.309 e. The lowest BCUT2D eigenvalue weighted by atomic mass is 9.74. The highest BCUT2D eigenvalue weighted by Gasteiger charge is 2.43. The van der Waals surface area contributed by atoms with E-state index in [-0.39, 0.29) is 42.0 Å². The lowest BCUT2D eigenvalue weighted by molar-refractivity contribution is -0.168. The number of carbonyl (C=O) groups is 3. The minimum absolute atomic E-state index is 0.204. The average Bonchev–Trinajstić information content (AvgIpc) is 2.61. The molecule has 0 N–H and O–H groups in total. The van der Waals surface area contributed by atoms with Gasteiger partial charge >= 0.3 is 17.9 Å². The molecule has 156 valence electrons. The van der Waals surface area contributed by atoms with E-state index in [4.69, 9.17) is 14.2 Å². The second-order valence-electron chi connectivity index (χ2n) is 8.79. The molecule has 0 aliphatic heterocycles. The van der Waals surface area contributed by atoms with Gasteiger partial charge in [-0.05, 0) is 37.0 Å². The van der Waals surface area contributed by atoms with E-state index in [0.29, 0.717) is 32.7 Å². The number of carbonyl (C=O) groups excluding carboxylic acids is 3. The summed E-state index contributed by atoms with van der Waals surface area (Å²) in [5.41, 5.74) is 0. The van der Waals surface area contributed by atoms with Gasteiger partial charge in [-0.2, -0.15) is 0 Å². The lowest BCUT2D eigenvalue weighted by Gasteiger charge is -2.32. The van der Waals surface area contributed by atoms with E-state index >= 15 is 0 Å². The molecular weight excluding hydrogens is 348 g/mol. The molecule has 0 bridgehead atoms. The first-order valence-corrected chi connectivity index (χ1v) is 10.1. The Morgan fingerprint density at radius 1 is 0.667 bits per heavy atom. The summed E-state index contributed by atoms with van der Waals surface area (Å²) in [5.74, 6) is -2.00.